The normalized spacial score (nSPS) is 10.0. The number of amides is 2. The molecule has 0 aliphatic rings. The van der Waals surface area contributed by atoms with Crippen molar-refractivity contribution in [1.29, 1.82) is 0 Å². The molecule has 1 heterocycles. The lowest BCUT2D eigenvalue weighted by Gasteiger charge is -2.09. The van der Waals surface area contributed by atoms with Gasteiger partial charge in [-0.3, -0.25) is 5.32 Å². The molecule has 1 aromatic heterocycles. The van der Waals surface area contributed by atoms with Crippen LogP contribution in [0.3, 0.4) is 0 Å². The molecule has 0 atom stereocenters. The van der Waals surface area contributed by atoms with E-state index in [-0.39, 0.29) is 6.03 Å². The Balaban J connectivity index is 1.57. The number of halogens is 1. The second kappa shape index (κ2) is 7.48. The molecule has 0 aliphatic heterocycles. The van der Waals surface area contributed by atoms with Crippen LogP contribution in [0.4, 0.5) is 16.3 Å². The standard InChI is InChI=1S/C18H14ClN3O2/c19-13-6-11-17(20-12-13)22-18(23)21-14-7-9-16(10-8-14)24-15-4-2-1-3-5-15/h1-12H,(H2,20,21,22,23). The number of ether oxygens (including phenoxy) is 1. The van der Waals surface area contributed by atoms with E-state index in [1.165, 1.54) is 6.20 Å². The Kier molecular flexibility index (Phi) is 4.93. The van der Waals surface area contributed by atoms with Crippen LogP contribution in [0, 0.1) is 0 Å². The minimum atomic E-state index is -0.387. The summed E-state index contributed by atoms with van der Waals surface area (Å²) in [6, 6.07) is 19.4. The summed E-state index contributed by atoms with van der Waals surface area (Å²) in [6.07, 6.45) is 1.47. The summed E-state index contributed by atoms with van der Waals surface area (Å²) in [6.45, 7) is 0. The Morgan fingerprint density at radius 2 is 1.58 bits per heavy atom. The third-order valence-electron chi connectivity index (χ3n) is 3.06. The molecule has 0 saturated carbocycles. The average molecular weight is 340 g/mol. The lowest BCUT2D eigenvalue weighted by Crippen LogP contribution is -2.19. The molecular formula is C18H14ClN3O2. The summed E-state index contributed by atoms with van der Waals surface area (Å²) in [7, 11) is 0. The van der Waals surface area contributed by atoms with E-state index >= 15 is 0 Å². The lowest BCUT2D eigenvalue weighted by molar-refractivity contribution is 0.262. The quantitative estimate of drug-likeness (QED) is 0.689. The molecule has 0 spiro atoms. The molecule has 24 heavy (non-hydrogen) atoms. The Hall–Kier alpha value is -3.05. The van der Waals surface area contributed by atoms with Crippen molar-refractivity contribution in [3.63, 3.8) is 0 Å². The van der Waals surface area contributed by atoms with Crippen molar-refractivity contribution in [2.24, 2.45) is 0 Å². The van der Waals surface area contributed by atoms with E-state index in [9.17, 15) is 4.79 Å². The highest BCUT2D eigenvalue weighted by Crippen LogP contribution is 2.22. The van der Waals surface area contributed by atoms with Crippen LogP contribution in [0.2, 0.25) is 5.02 Å². The van der Waals surface area contributed by atoms with E-state index in [0.717, 1.165) is 5.75 Å². The van der Waals surface area contributed by atoms with Gasteiger partial charge in [0.25, 0.3) is 0 Å². The zero-order valence-electron chi connectivity index (χ0n) is 12.6. The van der Waals surface area contributed by atoms with Crippen LogP contribution >= 0.6 is 11.6 Å². The molecule has 2 amide bonds. The minimum Gasteiger partial charge on any atom is -0.457 e. The summed E-state index contributed by atoms with van der Waals surface area (Å²) in [5.74, 6) is 1.86. The number of aromatic nitrogens is 1. The molecule has 5 nitrogen and oxygen atoms in total. The second-order valence-electron chi connectivity index (χ2n) is 4.88. The van der Waals surface area contributed by atoms with Crippen LogP contribution in [0.15, 0.2) is 72.9 Å². The number of anilines is 2. The topological polar surface area (TPSA) is 63.2 Å². The fraction of sp³-hybridized carbons (Fsp3) is 0. The van der Waals surface area contributed by atoms with Crippen LogP contribution in [0.5, 0.6) is 11.5 Å². The van der Waals surface area contributed by atoms with E-state index in [1.54, 1.807) is 36.4 Å². The van der Waals surface area contributed by atoms with Crippen LogP contribution in [-0.4, -0.2) is 11.0 Å². The molecule has 0 aliphatic carbocycles. The summed E-state index contributed by atoms with van der Waals surface area (Å²) in [4.78, 5) is 15.9. The van der Waals surface area contributed by atoms with E-state index in [0.29, 0.717) is 22.3 Å². The molecule has 6 heteroatoms. The first-order valence-corrected chi connectivity index (χ1v) is 7.59. The van der Waals surface area contributed by atoms with Gasteiger partial charge in [-0.15, -0.1) is 0 Å². The van der Waals surface area contributed by atoms with Gasteiger partial charge in [-0.25, -0.2) is 9.78 Å². The van der Waals surface area contributed by atoms with E-state index in [1.807, 2.05) is 30.3 Å². The number of pyridine rings is 1. The molecule has 3 aromatic rings. The largest absolute Gasteiger partial charge is 0.457 e. The lowest BCUT2D eigenvalue weighted by atomic mass is 10.3. The van der Waals surface area contributed by atoms with Gasteiger partial charge < -0.3 is 10.1 Å². The van der Waals surface area contributed by atoms with Gasteiger partial charge in [0.15, 0.2) is 0 Å². The first-order valence-electron chi connectivity index (χ1n) is 7.21. The average Bonchev–Trinajstić information content (AvgIpc) is 2.60. The van der Waals surface area contributed by atoms with Gasteiger partial charge in [0.05, 0.1) is 5.02 Å². The molecule has 2 aromatic carbocycles. The van der Waals surface area contributed by atoms with Crippen LogP contribution in [0.1, 0.15) is 0 Å². The predicted molar refractivity (Wildman–Crippen MR) is 94.8 cm³/mol. The fourth-order valence-electron chi connectivity index (χ4n) is 1.96. The van der Waals surface area contributed by atoms with E-state index in [2.05, 4.69) is 15.6 Å². The molecule has 120 valence electrons. The Morgan fingerprint density at radius 3 is 2.25 bits per heavy atom. The number of hydrogen-bond acceptors (Lipinski definition) is 3. The number of para-hydroxylation sites is 1. The number of urea groups is 1. The summed E-state index contributed by atoms with van der Waals surface area (Å²) < 4.78 is 5.69. The van der Waals surface area contributed by atoms with Crippen molar-refractivity contribution in [2.75, 3.05) is 10.6 Å². The maximum Gasteiger partial charge on any atom is 0.324 e. The van der Waals surface area contributed by atoms with Crippen molar-refractivity contribution in [1.82, 2.24) is 4.98 Å². The predicted octanol–water partition coefficient (Wildman–Crippen LogP) is 5.17. The molecule has 0 fully saturated rings. The number of nitrogens with one attached hydrogen (secondary N) is 2. The Bertz CT molecular complexity index is 806. The van der Waals surface area contributed by atoms with Gasteiger partial charge in [0.2, 0.25) is 0 Å². The first kappa shape index (κ1) is 15.8. The third kappa shape index (κ3) is 4.47. The van der Waals surface area contributed by atoms with Gasteiger partial charge in [0.1, 0.15) is 17.3 Å². The molecule has 2 N–H and O–H groups in total. The zero-order valence-corrected chi connectivity index (χ0v) is 13.3. The number of rotatable bonds is 4. The molecule has 0 saturated heterocycles. The van der Waals surface area contributed by atoms with E-state index in [4.69, 9.17) is 16.3 Å². The second-order valence-corrected chi connectivity index (χ2v) is 5.32. The van der Waals surface area contributed by atoms with Crippen LogP contribution < -0.4 is 15.4 Å². The van der Waals surface area contributed by atoms with Crippen molar-refractivity contribution < 1.29 is 9.53 Å². The van der Waals surface area contributed by atoms with Gasteiger partial charge in [-0.05, 0) is 48.5 Å². The fourth-order valence-corrected chi connectivity index (χ4v) is 2.07. The maximum absolute atomic E-state index is 11.9. The number of nitrogens with zero attached hydrogens (tertiary/aromatic N) is 1. The summed E-state index contributed by atoms with van der Waals surface area (Å²) in [5.41, 5.74) is 0.641. The first-order chi connectivity index (χ1) is 11.7. The number of benzene rings is 2. The van der Waals surface area contributed by atoms with Gasteiger partial charge in [0, 0.05) is 11.9 Å². The van der Waals surface area contributed by atoms with Crippen molar-refractivity contribution in [3.8, 4) is 11.5 Å². The molecule has 0 unspecified atom stereocenters. The van der Waals surface area contributed by atoms with Crippen LogP contribution in [0.25, 0.3) is 0 Å². The van der Waals surface area contributed by atoms with Crippen molar-refractivity contribution >= 4 is 29.1 Å². The Labute approximate surface area is 144 Å². The van der Waals surface area contributed by atoms with Crippen molar-refractivity contribution in [3.05, 3.63) is 77.9 Å². The monoisotopic (exact) mass is 339 g/mol. The van der Waals surface area contributed by atoms with Gasteiger partial charge in [-0.1, -0.05) is 29.8 Å². The maximum atomic E-state index is 11.9. The SMILES string of the molecule is O=C(Nc1ccc(Oc2ccccc2)cc1)Nc1ccc(Cl)cn1. The summed E-state index contributed by atoms with van der Waals surface area (Å²) in [5, 5.41) is 5.85. The molecular weight excluding hydrogens is 326 g/mol. The smallest absolute Gasteiger partial charge is 0.324 e. The zero-order chi connectivity index (χ0) is 16.8. The summed E-state index contributed by atoms with van der Waals surface area (Å²) >= 11 is 5.75. The van der Waals surface area contributed by atoms with Gasteiger partial charge >= 0.3 is 6.03 Å². The highest BCUT2D eigenvalue weighted by molar-refractivity contribution is 6.30. The third-order valence-corrected chi connectivity index (χ3v) is 3.28. The molecule has 0 radical (unpaired) electrons. The number of carbonyl (C=O) groups is 1. The highest BCUT2D eigenvalue weighted by Gasteiger charge is 2.04. The highest BCUT2D eigenvalue weighted by atomic mass is 35.5. The number of hydrogen-bond donors (Lipinski definition) is 2. The van der Waals surface area contributed by atoms with Crippen molar-refractivity contribution in [2.45, 2.75) is 0 Å². The minimum absolute atomic E-state index is 0.387. The van der Waals surface area contributed by atoms with Crippen LogP contribution in [-0.2, 0) is 0 Å². The van der Waals surface area contributed by atoms with E-state index < -0.39 is 0 Å². The number of carbonyl (C=O) groups excluding carboxylic acids is 1. The molecule has 0 bridgehead atoms. The van der Waals surface area contributed by atoms with Gasteiger partial charge in [-0.2, -0.15) is 0 Å². The molecule has 3 rings (SSSR count). The Morgan fingerprint density at radius 1 is 0.875 bits per heavy atom.